The van der Waals surface area contributed by atoms with Crippen molar-refractivity contribution in [2.45, 2.75) is 38.0 Å². The number of esters is 1. The van der Waals surface area contributed by atoms with Gasteiger partial charge in [-0.2, -0.15) is 0 Å². The van der Waals surface area contributed by atoms with Gasteiger partial charge in [0.1, 0.15) is 5.75 Å². The highest BCUT2D eigenvalue weighted by atomic mass is 19.3. The number of hydrogen-bond donors (Lipinski definition) is 0. The first-order chi connectivity index (χ1) is 10.1. The maximum absolute atomic E-state index is 12.0. The normalized spacial score (nSPS) is 22.1. The zero-order valence-corrected chi connectivity index (χ0v) is 12.1. The second kappa shape index (κ2) is 7.38. The molecular formula is C16H20F2O3. The molecule has 0 aliphatic heterocycles. The summed E-state index contributed by atoms with van der Waals surface area (Å²) in [6.07, 6.45) is 0.545. The molecule has 0 unspecified atom stereocenters. The molecule has 1 saturated carbocycles. The largest absolute Gasteiger partial charge is 0.497 e. The molecule has 1 aliphatic rings. The predicted molar refractivity (Wildman–Crippen MR) is 74.7 cm³/mol. The van der Waals surface area contributed by atoms with E-state index in [0.717, 1.165) is 18.6 Å². The van der Waals surface area contributed by atoms with Crippen molar-refractivity contribution in [1.29, 1.82) is 0 Å². The molecular weight excluding hydrogens is 278 g/mol. The van der Waals surface area contributed by atoms with Crippen LogP contribution in [0.1, 0.15) is 37.2 Å². The van der Waals surface area contributed by atoms with Crippen LogP contribution in [0.15, 0.2) is 24.3 Å². The van der Waals surface area contributed by atoms with Crippen molar-refractivity contribution < 1.29 is 23.0 Å². The van der Waals surface area contributed by atoms with E-state index in [0.29, 0.717) is 18.8 Å². The lowest BCUT2D eigenvalue weighted by atomic mass is 9.79. The molecule has 1 aromatic carbocycles. The topological polar surface area (TPSA) is 35.5 Å². The second-order valence-electron chi connectivity index (χ2n) is 5.34. The van der Waals surface area contributed by atoms with Gasteiger partial charge < -0.3 is 9.47 Å². The lowest BCUT2D eigenvalue weighted by Crippen LogP contribution is -2.24. The Kier molecular flexibility index (Phi) is 5.53. The van der Waals surface area contributed by atoms with Gasteiger partial charge in [-0.05, 0) is 49.3 Å². The molecule has 5 heteroatoms. The van der Waals surface area contributed by atoms with E-state index < -0.39 is 19.0 Å². The van der Waals surface area contributed by atoms with Crippen molar-refractivity contribution in [3.63, 3.8) is 0 Å². The van der Waals surface area contributed by atoms with Crippen LogP contribution in [-0.2, 0) is 9.53 Å². The van der Waals surface area contributed by atoms with Gasteiger partial charge in [0.2, 0.25) is 0 Å². The van der Waals surface area contributed by atoms with Gasteiger partial charge in [0.25, 0.3) is 6.43 Å². The van der Waals surface area contributed by atoms with E-state index in [1.54, 1.807) is 7.11 Å². The summed E-state index contributed by atoms with van der Waals surface area (Å²) in [7, 11) is 1.63. The van der Waals surface area contributed by atoms with Crippen LogP contribution in [-0.4, -0.2) is 26.1 Å². The molecule has 21 heavy (non-hydrogen) atoms. The van der Waals surface area contributed by atoms with E-state index in [1.165, 1.54) is 5.56 Å². The summed E-state index contributed by atoms with van der Waals surface area (Å²) < 4.78 is 33.8. The lowest BCUT2D eigenvalue weighted by molar-refractivity contribution is -0.153. The molecule has 116 valence electrons. The number of carbonyl (C=O) groups excluding carboxylic acids is 1. The first-order valence-electron chi connectivity index (χ1n) is 7.19. The Balaban J connectivity index is 1.83. The zero-order valence-electron chi connectivity index (χ0n) is 12.1. The van der Waals surface area contributed by atoms with Crippen LogP contribution in [0.5, 0.6) is 5.75 Å². The monoisotopic (exact) mass is 298 g/mol. The third-order valence-electron chi connectivity index (χ3n) is 4.00. The number of ether oxygens (including phenoxy) is 2. The number of alkyl halides is 2. The Hall–Kier alpha value is -1.65. The number of benzene rings is 1. The number of methoxy groups -OCH3 is 1. The minimum Gasteiger partial charge on any atom is -0.497 e. The number of halogens is 2. The van der Waals surface area contributed by atoms with Crippen molar-refractivity contribution in [1.82, 2.24) is 0 Å². The Morgan fingerprint density at radius 3 is 2.33 bits per heavy atom. The highest BCUT2D eigenvalue weighted by Gasteiger charge is 2.28. The Bertz CT molecular complexity index is 451. The molecule has 0 spiro atoms. The molecule has 1 aliphatic carbocycles. The van der Waals surface area contributed by atoms with E-state index in [9.17, 15) is 13.6 Å². The second-order valence-corrected chi connectivity index (χ2v) is 5.34. The maximum atomic E-state index is 12.0. The smallest absolute Gasteiger partial charge is 0.309 e. The number of rotatable bonds is 5. The van der Waals surface area contributed by atoms with Crippen LogP contribution in [0.2, 0.25) is 0 Å². The van der Waals surface area contributed by atoms with Gasteiger partial charge in [-0.25, -0.2) is 8.78 Å². The molecule has 0 radical (unpaired) electrons. The van der Waals surface area contributed by atoms with Crippen LogP contribution < -0.4 is 4.74 Å². The summed E-state index contributed by atoms with van der Waals surface area (Å²) in [6, 6.07) is 7.94. The summed E-state index contributed by atoms with van der Waals surface area (Å²) in [6.45, 7) is -0.794. The fraction of sp³-hybridized carbons (Fsp3) is 0.562. The highest BCUT2D eigenvalue weighted by Crippen LogP contribution is 2.36. The van der Waals surface area contributed by atoms with E-state index >= 15 is 0 Å². The van der Waals surface area contributed by atoms with Crippen LogP contribution in [0.3, 0.4) is 0 Å². The number of carbonyl (C=O) groups is 1. The average molecular weight is 298 g/mol. The zero-order chi connectivity index (χ0) is 15.2. The van der Waals surface area contributed by atoms with Gasteiger partial charge in [0.15, 0.2) is 6.61 Å². The Morgan fingerprint density at radius 1 is 1.19 bits per heavy atom. The molecule has 0 N–H and O–H groups in total. The molecule has 0 aromatic heterocycles. The third-order valence-corrected chi connectivity index (χ3v) is 4.00. The van der Waals surface area contributed by atoms with Crippen molar-refractivity contribution in [3.05, 3.63) is 29.8 Å². The molecule has 1 fully saturated rings. The van der Waals surface area contributed by atoms with Crippen LogP contribution >= 0.6 is 0 Å². The van der Waals surface area contributed by atoms with Gasteiger partial charge >= 0.3 is 5.97 Å². The SMILES string of the molecule is COc1ccc([C@H]2CC[C@H](C(=O)OCC(F)F)CC2)cc1. The minimum absolute atomic E-state index is 0.238. The quantitative estimate of drug-likeness (QED) is 0.776. The Morgan fingerprint density at radius 2 is 1.81 bits per heavy atom. The lowest BCUT2D eigenvalue weighted by Gasteiger charge is -2.27. The van der Waals surface area contributed by atoms with E-state index in [1.807, 2.05) is 24.3 Å². The van der Waals surface area contributed by atoms with E-state index in [4.69, 9.17) is 4.74 Å². The summed E-state index contributed by atoms with van der Waals surface area (Å²) in [5.41, 5.74) is 1.23. The number of hydrogen-bond acceptors (Lipinski definition) is 3. The van der Waals surface area contributed by atoms with Crippen LogP contribution in [0.25, 0.3) is 0 Å². The molecule has 0 bridgehead atoms. The van der Waals surface area contributed by atoms with Gasteiger partial charge in [0.05, 0.1) is 13.0 Å². The standard InChI is InChI=1S/C16H20F2O3/c1-20-14-8-6-12(7-9-14)11-2-4-13(5-3-11)16(19)21-10-15(17)18/h6-9,11,13,15H,2-5,10H2,1H3/t11-,13-. The highest BCUT2D eigenvalue weighted by molar-refractivity contribution is 5.72. The first-order valence-corrected chi connectivity index (χ1v) is 7.19. The fourth-order valence-corrected chi connectivity index (χ4v) is 2.80. The van der Waals surface area contributed by atoms with Gasteiger partial charge in [-0.15, -0.1) is 0 Å². The first kappa shape index (κ1) is 15.7. The van der Waals surface area contributed by atoms with Crippen LogP contribution in [0, 0.1) is 5.92 Å². The summed E-state index contributed by atoms with van der Waals surface area (Å²) >= 11 is 0. The molecule has 0 heterocycles. The third kappa shape index (κ3) is 4.41. The van der Waals surface area contributed by atoms with Crippen LogP contribution in [0.4, 0.5) is 8.78 Å². The molecule has 1 aromatic rings. The molecule has 0 atom stereocenters. The molecule has 3 nitrogen and oxygen atoms in total. The van der Waals surface area contributed by atoms with Crippen molar-refractivity contribution in [3.8, 4) is 5.75 Å². The fourth-order valence-electron chi connectivity index (χ4n) is 2.80. The maximum Gasteiger partial charge on any atom is 0.309 e. The summed E-state index contributed by atoms with van der Waals surface area (Å²) in [5, 5.41) is 0. The van der Waals surface area contributed by atoms with Gasteiger partial charge in [0, 0.05) is 0 Å². The molecule has 0 saturated heterocycles. The van der Waals surface area contributed by atoms with E-state index in [2.05, 4.69) is 4.74 Å². The van der Waals surface area contributed by atoms with Crippen molar-refractivity contribution >= 4 is 5.97 Å². The summed E-state index contributed by atoms with van der Waals surface area (Å²) in [4.78, 5) is 11.7. The van der Waals surface area contributed by atoms with E-state index in [-0.39, 0.29) is 5.92 Å². The minimum atomic E-state index is -2.59. The Labute approximate surface area is 123 Å². The molecule has 0 amide bonds. The predicted octanol–water partition coefficient (Wildman–Crippen LogP) is 3.78. The van der Waals surface area contributed by atoms with Gasteiger partial charge in [-0.1, -0.05) is 12.1 Å². The van der Waals surface area contributed by atoms with Crippen molar-refractivity contribution in [2.24, 2.45) is 5.92 Å². The van der Waals surface area contributed by atoms with Crippen molar-refractivity contribution in [2.75, 3.05) is 13.7 Å². The summed E-state index contributed by atoms with van der Waals surface area (Å²) in [5.74, 6) is 0.514. The average Bonchev–Trinajstić information content (AvgIpc) is 2.53. The molecule has 2 rings (SSSR count). The van der Waals surface area contributed by atoms with Gasteiger partial charge in [-0.3, -0.25) is 4.79 Å².